The normalized spacial score (nSPS) is 11.0. The van der Waals surface area contributed by atoms with E-state index in [9.17, 15) is 0 Å². The summed E-state index contributed by atoms with van der Waals surface area (Å²) in [5.74, 6) is 2.68. The lowest BCUT2D eigenvalue weighted by Gasteiger charge is -2.13. The van der Waals surface area contributed by atoms with E-state index in [4.69, 9.17) is 14.5 Å². The van der Waals surface area contributed by atoms with Crippen LogP contribution in [-0.2, 0) is 19.4 Å². The predicted octanol–water partition coefficient (Wildman–Crippen LogP) is 6.53. The lowest BCUT2D eigenvalue weighted by Crippen LogP contribution is -2.07. The number of fused-ring (bicyclic) bond motifs is 1. The van der Waals surface area contributed by atoms with Gasteiger partial charge < -0.3 is 14.0 Å². The molecule has 0 N–H and O–H groups in total. The summed E-state index contributed by atoms with van der Waals surface area (Å²) >= 11 is 0. The summed E-state index contributed by atoms with van der Waals surface area (Å²) in [7, 11) is 1.68. The van der Waals surface area contributed by atoms with Gasteiger partial charge in [-0.05, 0) is 67.1 Å². The lowest BCUT2D eigenvalue weighted by molar-refractivity contribution is 0.283. The van der Waals surface area contributed by atoms with Crippen LogP contribution in [-0.4, -0.2) is 23.3 Å². The molecule has 4 nitrogen and oxygen atoms in total. The average molecular weight is 441 g/mol. The van der Waals surface area contributed by atoms with Crippen molar-refractivity contribution < 1.29 is 9.47 Å². The summed E-state index contributed by atoms with van der Waals surface area (Å²) in [4.78, 5) is 4.95. The molecular weight excluding hydrogens is 408 g/mol. The van der Waals surface area contributed by atoms with Crippen molar-refractivity contribution in [3.8, 4) is 11.5 Å². The zero-order valence-electron chi connectivity index (χ0n) is 19.6. The molecule has 0 aliphatic carbocycles. The molecule has 4 rings (SSSR count). The molecule has 1 aromatic heterocycles. The fourth-order valence-electron chi connectivity index (χ4n) is 4.17. The van der Waals surface area contributed by atoms with Gasteiger partial charge in [0.15, 0.2) is 11.5 Å². The zero-order chi connectivity index (χ0) is 23.0. The first-order chi connectivity index (χ1) is 16.2. The van der Waals surface area contributed by atoms with Crippen molar-refractivity contribution in [2.45, 2.75) is 39.2 Å². The number of hydrogen-bond acceptors (Lipinski definition) is 3. The van der Waals surface area contributed by atoms with Crippen molar-refractivity contribution in [1.82, 2.24) is 9.55 Å². The molecule has 0 saturated carbocycles. The molecule has 0 fully saturated rings. The molecular formula is C29H32N2O2. The molecule has 0 bridgehead atoms. The van der Waals surface area contributed by atoms with Gasteiger partial charge in [-0.25, -0.2) is 4.98 Å². The average Bonchev–Trinajstić information content (AvgIpc) is 3.18. The van der Waals surface area contributed by atoms with Crippen LogP contribution in [0.4, 0.5) is 0 Å². The number of aryl methyl sites for hydroxylation is 2. The Labute approximate surface area is 196 Å². The Morgan fingerprint density at radius 2 is 1.79 bits per heavy atom. The molecule has 0 spiro atoms. The number of hydrogen-bond donors (Lipinski definition) is 0. The Morgan fingerprint density at radius 3 is 2.61 bits per heavy atom. The predicted molar refractivity (Wildman–Crippen MR) is 135 cm³/mol. The highest BCUT2D eigenvalue weighted by Crippen LogP contribution is 2.28. The van der Waals surface area contributed by atoms with Crippen molar-refractivity contribution >= 4 is 11.0 Å². The van der Waals surface area contributed by atoms with E-state index in [0.29, 0.717) is 6.61 Å². The first-order valence-corrected chi connectivity index (χ1v) is 11.6. The van der Waals surface area contributed by atoms with E-state index in [1.54, 1.807) is 7.11 Å². The standard InChI is InChI=1S/C29H32N2O2/c1-4-11-23-16-17-27(28(20-23)32-3)33-19-10-9-18-31-26-15-8-7-14-25(26)30-29(31)21-24-13-6-5-12-22(24)2/h4-8,12-17,20H,1,9-11,18-19,21H2,2-3H3. The van der Waals surface area contributed by atoms with E-state index in [1.807, 2.05) is 18.2 Å². The minimum absolute atomic E-state index is 0.650. The fraction of sp³-hybridized carbons (Fsp3) is 0.276. The van der Waals surface area contributed by atoms with E-state index in [2.05, 4.69) is 72.7 Å². The highest BCUT2D eigenvalue weighted by Gasteiger charge is 2.12. The number of aromatic nitrogens is 2. The van der Waals surface area contributed by atoms with Gasteiger partial charge in [0.25, 0.3) is 0 Å². The molecule has 0 aliphatic rings. The number of rotatable bonds is 11. The van der Waals surface area contributed by atoms with Gasteiger partial charge in [0.05, 0.1) is 24.8 Å². The molecule has 33 heavy (non-hydrogen) atoms. The number of ether oxygens (including phenoxy) is 2. The summed E-state index contributed by atoms with van der Waals surface area (Å²) < 4.78 is 13.9. The van der Waals surface area contributed by atoms with E-state index < -0.39 is 0 Å². The van der Waals surface area contributed by atoms with E-state index in [-0.39, 0.29) is 0 Å². The number of methoxy groups -OCH3 is 1. The quantitative estimate of drug-likeness (QED) is 0.196. The number of unbranched alkanes of at least 4 members (excludes halogenated alkanes) is 1. The van der Waals surface area contributed by atoms with Gasteiger partial charge in [-0.15, -0.1) is 6.58 Å². The fourth-order valence-corrected chi connectivity index (χ4v) is 4.17. The molecule has 0 atom stereocenters. The van der Waals surface area contributed by atoms with Crippen LogP contribution < -0.4 is 9.47 Å². The minimum atomic E-state index is 0.650. The smallest absolute Gasteiger partial charge is 0.161 e. The Balaban J connectivity index is 1.40. The van der Waals surface area contributed by atoms with Crippen LogP contribution in [0.25, 0.3) is 11.0 Å². The van der Waals surface area contributed by atoms with Crippen LogP contribution >= 0.6 is 0 Å². The Morgan fingerprint density at radius 1 is 0.970 bits per heavy atom. The summed E-state index contributed by atoms with van der Waals surface area (Å²) in [5.41, 5.74) is 6.05. The number of imidazole rings is 1. The van der Waals surface area contributed by atoms with E-state index >= 15 is 0 Å². The molecule has 0 radical (unpaired) electrons. The van der Waals surface area contributed by atoms with Crippen LogP contribution in [0.15, 0.2) is 79.4 Å². The van der Waals surface area contributed by atoms with Crippen LogP contribution in [0.5, 0.6) is 11.5 Å². The van der Waals surface area contributed by atoms with Gasteiger partial charge in [-0.3, -0.25) is 0 Å². The molecule has 3 aromatic carbocycles. The third-order valence-electron chi connectivity index (χ3n) is 5.99. The monoisotopic (exact) mass is 440 g/mol. The maximum atomic E-state index is 6.03. The summed E-state index contributed by atoms with van der Waals surface area (Å²) in [6, 6.07) is 23.0. The largest absolute Gasteiger partial charge is 0.493 e. The summed E-state index contributed by atoms with van der Waals surface area (Å²) in [6.07, 6.45) is 5.51. The van der Waals surface area contributed by atoms with Crippen molar-refractivity contribution in [1.29, 1.82) is 0 Å². The molecule has 0 amide bonds. The second-order valence-corrected chi connectivity index (χ2v) is 8.31. The van der Waals surface area contributed by atoms with Gasteiger partial charge in [-0.1, -0.05) is 48.5 Å². The van der Waals surface area contributed by atoms with Crippen LogP contribution in [0.3, 0.4) is 0 Å². The Kier molecular flexibility index (Phi) is 7.46. The van der Waals surface area contributed by atoms with Crippen LogP contribution in [0, 0.1) is 6.92 Å². The number of benzene rings is 3. The Hall–Kier alpha value is -3.53. The topological polar surface area (TPSA) is 36.3 Å². The number of allylic oxidation sites excluding steroid dienone is 1. The molecule has 0 unspecified atom stereocenters. The second kappa shape index (κ2) is 10.9. The molecule has 4 heteroatoms. The van der Waals surface area contributed by atoms with Gasteiger partial charge in [0, 0.05) is 13.0 Å². The second-order valence-electron chi connectivity index (χ2n) is 8.31. The number of nitrogens with zero attached hydrogens (tertiary/aromatic N) is 2. The van der Waals surface area contributed by atoms with E-state index in [1.165, 1.54) is 22.2 Å². The summed E-state index contributed by atoms with van der Waals surface area (Å²) in [5, 5.41) is 0. The number of para-hydroxylation sites is 2. The lowest BCUT2D eigenvalue weighted by atomic mass is 10.1. The SMILES string of the molecule is C=CCc1ccc(OCCCCn2c(Cc3ccccc3C)nc3ccccc32)c(OC)c1. The first kappa shape index (κ1) is 22.7. The third kappa shape index (κ3) is 5.46. The minimum Gasteiger partial charge on any atom is -0.493 e. The van der Waals surface area contributed by atoms with Gasteiger partial charge in [0.2, 0.25) is 0 Å². The highest BCUT2D eigenvalue weighted by atomic mass is 16.5. The molecule has 1 heterocycles. The molecule has 4 aromatic rings. The van der Waals surface area contributed by atoms with Crippen LogP contribution in [0.2, 0.25) is 0 Å². The maximum absolute atomic E-state index is 6.03. The third-order valence-corrected chi connectivity index (χ3v) is 5.99. The zero-order valence-corrected chi connectivity index (χ0v) is 19.6. The van der Waals surface area contributed by atoms with Crippen molar-refractivity contribution in [2.24, 2.45) is 0 Å². The first-order valence-electron chi connectivity index (χ1n) is 11.6. The van der Waals surface area contributed by atoms with Crippen molar-refractivity contribution in [3.05, 3.63) is 102 Å². The van der Waals surface area contributed by atoms with Crippen molar-refractivity contribution in [2.75, 3.05) is 13.7 Å². The van der Waals surface area contributed by atoms with Gasteiger partial charge >= 0.3 is 0 Å². The highest BCUT2D eigenvalue weighted by molar-refractivity contribution is 5.76. The van der Waals surface area contributed by atoms with Crippen LogP contribution in [0.1, 0.15) is 35.4 Å². The van der Waals surface area contributed by atoms with Gasteiger partial charge in [0.1, 0.15) is 5.82 Å². The molecule has 170 valence electrons. The van der Waals surface area contributed by atoms with Crippen molar-refractivity contribution in [3.63, 3.8) is 0 Å². The molecule has 0 aliphatic heterocycles. The molecule has 0 saturated heterocycles. The van der Waals surface area contributed by atoms with Gasteiger partial charge in [-0.2, -0.15) is 0 Å². The summed E-state index contributed by atoms with van der Waals surface area (Å²) in [6.45, 7) is 7.53. The maximum Gasteiger partial charge on any atom is 0.161 e. The van der Waals surface area contributed by atoms with E-state index in [0.717, 1.165) is 55.1 Å². The Bertz CT molecular complexity index is 1230.